The molecule has 3 N–H and O–H groups in total. The number of halogens is 1. The van der Waals surface area contributed by atoms with Gasteiger partial charge in [-0.3, -0.25) is 14.9 Å². The molecule has 0 aliphatic rings. The first kappa shape index (κ1) is 22.5. The molecule has 9 heteroatoms. The van der Waals surface area contributed by atoms with E-state index in [0.29, 0.717) is 26.5 Å². The van der Waals surface area contributed by atoms with Gasteiger partial charge in [0.15, 0.2) is 0 Å². The molecule has 0 atom stereocenters. The number of pyridine rings is 1. The quantitative estimate of drug-likeness (QED) is 0.199. The Balaban J connectivity index is 1.61. The fraction of sp³-hybridized carbons (Fsp3) is 0. The van der Waals surface area contributed by atoms with Gasteiger partial charge in [0.1, 0.15) is 14.7 Å². The number of nitrogen functional groups attached to an aromatic ring is 1. The van der Waals surface area contributed by atoms with Gasteiger partial charge in [-0.25, -0.2) is 4.98 Å². The molecule has 172 valence electrons. The van der Waals surface area contributed by atoms with Gasteiger partial charge in [0.05, 0.1) is 16.3 Å². The van der Waals surface area contributed by atoms with Crippen molar-refractivity contribution in [1.82, 2.24) is 4.98 Å². The number of benzene rings is 3. The molecule has 0 saturated heterocycles. The second-order valence-corrected chi connectivity index (χ2v) is 9.10. The second-order valence-electron chi connectivity index (χ2n) is 7.69. The lowest BCUT2D eigenvalue weighted by Crippen LogP contribution is -2.12. The number of thiophene rings is 1. The van der Waals surface area contributed by atoms with E-state index in [1.165, 1.54) is 29.5 Å². The van der Waals surface area contributed by atoms with Crippen molar-refractivity contribution in [2.45, 2.75) is 0 Å². The van der Waals surface area contributed by atoms with Crippen molar-refractivity contribution >= 4 is 56.1 Å². The number of rotatable bonds is 5. The van der Waals surface area contributed by atoms with Crippen LogP contribution < -0.4 is 11.1 Å². The van der Waals surface area contributed by atoms with Gasteiger partial charge in [-0.15, -0.1) is 11.3 Å². The third kappa shape index (κ3) is 4.32. The molecule has 1 amide bonds. The van der Waals surface area contributed by atoms with Crippen molar-refractivity contribution in [2.75, 3.05) is 11.1 Å². The summed E-state index contributed by atoms with van der Waals surface area (Å²) in [4.78, 5) is 29.3. The van der Waals surface area contributed by atoms with Crippen molar-refractivity contribution < 1.29 is 9.72 Å². The lowest BCUT2D eigenvalue weighted by atomic mass is 9.99. The molecular weight excluding hydrogens is 484 g/mol. The Labute approximate surface area is 209 Å². The molecular formula is C26H17ClN4O3S. The van der Waals surface area contributed by atoms with Crippen LogP contribution in [0, 0.1) is 10.1 Å². The lowest BCUT2D eigenvalue weighted by Gasteiger charge is -2.09. The molecule has 35 heavy (non-hydrogen) atoms. The summed E-state index contributed by atoms with van der Waals surface area (Å²) >= 11 is 7.18. The van der Waals surface area contributed by atoms with E-state index in [2.05, 4.69) is 5.32 Å². The Kier molecular flexibility index (Phi) is 5.90. The molecule has 0 aliphatic carbocycles. The molecule has 0 spiro atoms. The second kappa shape index (κ2) is 9.17. The van der Waals surface area contributed by atoms with E-state index >= 15 is 0 Å². The number of carbonyl (C=O) groups excluding carboxylic acids is 1. The van der Waals surface area contributed by atoms with Gasteiger partial charge in [0, 0.05) is 22.7 Å². The molecule has 0 unspecified atom stereocenters. The van der Waals surface area contributed by atoms with E-state index in [0.717, 1.165) is 22.4 Å². The van der Waals surface area contributed by atoms with Crippen LogP contribution in [0.4, 0.5) is 17.1 Å². The fourth-order valence-electron chi connectivity index (χ4n) is 3.81. The number of hydrogen-bond acceptors (Lipinski definition) is 6. The van der Waals surface area contributed by atoms with Gasteiger partial charge in [-0.05, 0) is 29.3 Å². The predicted molar refractivity (Wildman–Crippen MR) is 141 cm³/mol. The summed E-state index contributed by atoms with van der Waals surface area (Å²) in [5.41, 5.74) is 10.5. The van der Waals surface area contributed by atoms with Gasteiger partial charge in [-0.2, -0.15) is 0 Å². The summed E-state index contributed by atoms with van der Waals surface area (Å²) in [6.07, 6.45) is 0. The van der Waals surface area contributed by atoms with Gasteiger partial charge >= 0.3 is 0 Å². The number of aromatic nitrogens is 1. The summed E-state index contributed by atoms with van der Waals surface area (Å²) in [7, 11) is 0. The third-order valence-electron chi connectivity index (χ3n) is 5.46. The van der Waals surface area contributed by atoms with E-state index in [9.17, 15) is 14.9 Å². The highest BCUT2D eigenvalue weighted by atomic mass is 35.5. The average Bonchev–Trinajstić information content (AvgIpc) is 3.21. The maximum atomic E-state index is 13.2. The van der Waals surface area contributed by atoms with Crippen LogP contribution in [0.3, 0.4) is 0 Å². The van der Waals surface area contributed by atoms with Crippen LogP contribution in [0.25, 0.3) is 32.6 Å². The number of nitrogens with zero attached hydrogens (tertiary/aromatic N) is 2. The van der Waals surface area contributed by atoms with E-state index in [1.807, 2.05) is 66.7 Å². The Bertz CT molecular complexity index is 1590. The minimum absolute atomic E-state index is 0.0716. The number of nitro benzene ring substituents is 1. The van der Waals surface area contributed by atoms with Crippen molar-refractivity contribution in [3.05, 3.63) is 105 Å². The highest BCUT2D eigenvalue weighted by Gasteiger charge is 2.22. The molecule has 0 saturated carbocycles. The average molecular weight is 501 g/mol. The SMILES string of the molecule is Nc1c(C(=O)Nc2ccc([N+](=O)[O-])c(Cl)c2)sc2nc(-c3ccccc3)cc(-c3ccccc3)c12. The number of fused-ring (bicyclic) bond motifs is 1. The first-order chi connectivity index (χ1) is 16.9. The number of carbonyl (C=O) groups is 1. The number of amides is 1. The van der Waals surface area contributed by atoms with Crippen LogP contribution in [-0.2, 0) is 0 Å². The van der Waals surface area contributed by atoms with Crippen LogP contribution in [0.2, 0.25) is 5.02 Å². The van der Waals surface area contributed by atoms with Crippen molar-refractivity contribution in [1.29, 1.82) is 0 Å². The lowest BCUT2D eigenvalue weighted by molar-refractivity contribution is -0.384. The first-order valence-electron chi connectivity index (χ1n) is 10.5. The maximum Gasteiger partial charge on any atom is 0.288 e. The van der Waals surface area contributed by atoms with Gasteiger partial charge in [0.25, 0.3) is 11.6 Å². The Hall–Kier alpha value is -4.27. The van der Waals surface area contributed by atoms with Gasteiger partial charge in [-0.1, -0.05) is 72.3 Å². The zero-order valence-electron chi connectivity index (χ0n) is 18.1. The smallest absolute Gasteiger partial charge is 0.288 e. The van der Waals surface area contributed by atoms with E-state index in [1.54, 1.807) is 0 Å². The van der Waals surface area contributed by atoms with Crippen LogP contribution >= 0.6 is 22.9 Å². The summed E-state index contributed by atoms with van der Waals surface area (Å²) in [6.45, 7) is 0. The largest absolute Gasteiger partial charge is 0.397 e. The maximum absolute atomic E-state index is 13.2. The molecule has 0 bridgehead atoms. The summed E-state index contributed by atoms with van der Waals surface area (Å²) in [6, 6.07) is 25.6. The molecule has 5 rings (SSSR count). The van der Waals surface area contributed by atoms with Gasteiger partial charge in [0.2, 0.25) is 0 Å². The molecule has 5 aromatic rings. The number of hydrogen-bond donors (Lipinski definition) is 2. The first-order valence-corrected chi connectivity index (χ1v) is 11.7. The highest BCUT2D eigenvalue weighted by Crippen LogP contribution is 2.41. The van der Waals surface area contributed by atoms with E-state index < -0.39 is 10.8 Å². The van der Waals surface area contributed by atoms with E-state index in [4.69, 9.17) is 22.3 Å². The predicted octanol–water partition coefficient (Wildman–Crippen LogP) is 7.03. The van der Waals surface area contributed by atoms with Crippen LogP contribution in [-0.4, -0.2) is 15.8 Å². The topological polar surface area (TPSA) is 111 Å². The minimum atomic E-state index is -0.584. The molecule has 0 aliphatic heterocycles. The normalized spacial score (nSPS) is 10.9. The minimum Gasteiger partial charge on any atom is -0.397 e. The van der Waals surface area contributed by atoms with Crippen molar-refractivity contribution in [3.8, 4) is 22.4 Å². The fourth-order valence-corrected chi connectivity index (χ4v) is 5.08. The van der Waals surface area contributed by atoms with Crippen molar-refractivity contribution in [3.63, 3.8) is 0 Å². The molecule has 0 radical (unpaired) electrons. The number of nitrogens with two attached hydrogens (primary N) is 1. The summed E-state index contributed by atoms with van der Waals surface area (Å²) < 4.78 is 0. The third-order valence-corrected chi connectivity index (χ3v) is 6.86. The van der Waals surface area contributed by atoms with Crippen LogP contribution in [0.1, 0.15) is 9.67 Å². The highest BCUT2D eigenvalue weighted by molar-refractivity contribution is 7.21. The monoisotopic (exact) mass is 500 g/mol. The Morgan fingerprint density at radius 3 is 2.26 bits per heavy atom. The zero-order valence-corrected chi connectivity index (χ0v) is 19.6. The molecule has 7 nitrogen and oxygen atoms in total. The van der Waals surface area contributed by atoms with Crippen LogP contribution in [0.5, 0.6) is 0 Å². The standard InChI is InChI=1S/C26H17ClN4O3S/c27-19-13-17(11-12-21(19)31(33)34)29-25(32)24-23(28)22-18(15-7-3-1-4-8-15)14-20(30-26(22)35-24)16-9-5-2-6-10-16/h1-14H,28H2,(H,29,32). The van der Waals surface area contributed by atoms with E-state index in [-0.39, 0.29) is 10.7 Å². The number of anilines is 2. The molecule has 0 fully saturated rings. The summed E-state index contributed by atoms with van der Waals surface area (Å²) in [5.74, 6) is -0.448. The molecule has 3 aromatic carbocycles. The van der Waals surface area contributed by atoms with Gasteiger partial charge < -0.3 is 11.1 Å². The van der Waals surface area contributed by atoms with Crippen molar-refractivity contribution in [2.24, 2.45) is 0 Å². The number of nitrogens with one attached hydrogen (secondary N) is 1. The Morgan fingerprint density at radius 2 is 1.63 bits per heavy atom. The zero-order chi connectivity index (χ0) is 24.5. The molecule has 2 heterocycles. The molecule has 2 aromatic heterocycles. The summed E-state index contributed by atoms with van der Waals surface area (Å²) in [5, 5.41) is 14.4. The Morgan fingerprint density at radius 1 is 0.971 bits per heavy atom. The number of nitro groups is 1. The van der Waals surface area contributed by atoms with Crippen LogP contribution in [0.15, 0.2) is 84.9 Å².